The second-order valence-corrected chi connectivity index (χ2v) is 7.21. The first-order valence-corrected chi connectivity index (χ1v) is 9.93. The third-order valence-corrected chi connectivity index (χ3v) is 5.15. The van der Waals surface area contributed by atoms with Gasteiger partial charge in [-0.15, -0.1) is 0 Å². The van der Waals surface area contributed by atoms with Crippen molar-refractivity contribution >= 4 is 5.78 Å². The predicted octanol–water partition coefficient (Wildman–Crippen LogP) is 5.21. The summed E-state index contributed by atoms with van der Waals surface area (Å²) in [4.78, 5) is 12.9. The summed E-state index contributed by atoms with van der Waals surface area (Å²) < 4.78 is 14.9. The van der Waals surface area contributed by atoms with Crippen molar-refractivity contribution in [1.82, 2.24) is 9.78 Å². The van der Waals surface area contributed by atoms with E-state index in [1.807, 2.05) is 6.92 Å². The van der Waals surface area contributed by atoms with E-state index in [-0.39, 0.29) is 23.8 Å². The summed E-state index contributed by atoms with van der Waals surface area (Å²) in [6.45, 7) is 1.99. The number of hydrogen-bond donors (Lipinski definition) is 2. The molecule has 0 aliphatic heterocycles. The third-order valence-electron chi connectivity index (χ3n) is 5.15. The van der Waals surface area contributed by atoms with E-state index in [9.17, 15) is 19.4 Å². The molecule has 2 N–H and O–H groups in total. The van der Waals surface area contributed by atoms with Crippen molar-refractivity contribution in [2.24, 2.45) is 0 Å². The summed E-state index contributed by atoms with van der Waals surface area (Å²) in [7, 11) is 0. The minimum absolute atomic E-state index is 0.0209. The molecule has 0 aliphatic rings. The van der Waals surface area contributed by atoms with E-state index in [2.05, 4.69) is 0 Å². The number of hydrogen-bond acceptors (Lipinski definition) is 4. The molecule has 3 aromatic carbocycles. The molecule has 0 saturated heterocycles. The lowest BCUT2D eigenvalue weighted by Crippen LogP contribution is -2.13. The lowest BCUT2D eigenvalue weighted by Gasteiger charge is -2.10. The molecule has 31 heavy (non-hydrogen) atoms. The van der Waals surface area contributed by atoms with Crippen molar-refractivity contribution in [3.8, 4) is 34.0 Å². The molecule has 1 aromatic heterocycles. The van der Waals surface area contributed by atoms with E-state index >= 15 is 0 Å². The highest BCUT2D eigenvalue weighted by Gasteiger charge is 2.21. The lowest BCUT2D eigenvalue weighted by molar-refractivity contribution is 0.0968. The van der Waals surface area contributed by atoms with Gasteiger partial charge in [-0.3, -0.25) is 9.48 Å². The van der Waals surface area contributed by atoms with Gasteiger partial charge >= 0.3 is 0 Å². The second-order valence-electron chi connectivity index (χ2n) is 7.21. The van der Waals surface area contributed by atoms with Crippen LogP contribution in [0.25, 0.3) is 22.5 Å². The van der Waals surface area contributed by atoms with E-state index in [0.29, 0.717) is 12.0 Å². The first-order valence-electron chi connectivity index (χ1n) is 9.93. The van der Waals surface area contributed by atoms with Crippen molar-refractivity contribution in [2.75, 3.05) is 0 Å². The smallest absolute Gasteiger partial charge is 0.184 e. The van der Waals surface area contributed by atoms with E-state index in [4.69, 9.17) is 5.10 Å². The Kier molecular flexibility index (Phi) is 5.54. The minimum Gasteiger partial charge on any atom is -0.508 e. The van der Waals surface area contributed by atoms with Gasteiger partial charge in [0, 0.05) is 22.3 Å². The van der Waals surface area contributed by atoms with Crippen LogP contribution in [0.5, 0.6) is 11.5 Å². The Balaban J connectivity index is 1.83. The average Bonchev–Trinajstić information content (AvgIpc) is 3.13. The molecule has 6 heteroatoms. The molecular weight excluding hydrogens is 395 g/mol. The number of carbonyl (C=O) groups is 1. The van der Waals surface area contributed by atoms with Gasteiger partial charge in [-0.25, -0.2) is 4.39 Å². The molecule has 0 spiro atoms. The van der Waals surface area contributed by atoms with Gasteiger partial charge in [-0.2, -0.15) is 5.10 Å². The SMILES string of the molecule is CCc1c(-c2ccc(O)cc2)nn(CC(=O)c2ccc(F)cc2)c1-c1ccc(O)cc1. The zero-order valence-corrected chi connectivity index (χ0v) is 16.9. The molecule has 0 unspecified atom stereocenters. The molecule has 0 saturated carbocycles. The van der Waals surface area contributed by atoms with Gasteiger partial charge in [0.05, 0.1) is 11.4 Å². The normalized spacial score (nSPS) is 10.9. The molecule has 4 rings (SSSR count). The molecule has 0 fully saturated rings. The number of ketones is 1. The minimum atomic E-state index is -0.400. The van der Waals surface area contributed by atoms with Crippen LogP contribution in [0.15, 0.2) is 72.8 Å². The van der Waals surface area contributed by atoms with Crippen LogP contribution in [0, 0.1) is 5.82 Å². The van der Waals surface area contributed by atoms with E-state index < -0.39 is 5.82 Å². The second kappa shape index (κ2) is 8.44. The number of Topliss-reactive ketones (excluding diaryl/α,β-unsaturated/α-hetero) is 1. The highest BCUT2D eigenvalue weighted by molar-refractivity contribution is 5.96. The summed E-state index contributed by atoms with van der Waals surface area (Å²) in [6.07, 6.45) is 0.664. The van der Waals surface area contributed by atoms with Gasteiger partial charge in [0.25, 0.3) is 0 Å². The largest absolute Gasteiger partial charge is 0.508 e. The predicted molar refractivity (Wildman–Crippen MR) is 117 cm³/mol. The van der Waals surface area contributed by atoms with Gasteiger partial charge in [-0.05, 0) is 79.2 Å². The van der Waals surface area contributed by atoms with Crippen molar-refractivity contribution in [2.45, 2.75) is 19.9 Å². The standard InChI is InChI=1S/C25H21FN2O3/c1-2-22-24(17-5-11-20(29)12-6-17)27-28(25(22)18-7-13-21(30)14-8-18)15-23(31)16-3-9-19(26)10-4-16/h3-14,29-30H,2,15H2,1H3. The van der Waals surface area contributed by atoms with Gasteiger partial charge in [0.2, 0.25) is 0 Å². The quantitative estimate of drug-likeness (QED) is 0.423. The highest BCUT2D eigenvalue weighted by atomic mass is 19.1. The number of aromatic hydroxyl groups is 2. The number of phenolic OH excluding ortho intramolecular Hbond substituents is 2. The number of halogens is 1. The maximum atomic E-state index is 13.2. The fourth-order valence-corrected chi connectivity index (χ4v) is 3.61. The molecule has 5 nitrogen and oxygen atoms in total. The Hall–Kier alpha value is -3.93. The van der Waals surface area contributed by atoms with Crippen LogP contribution < -0.4 is 0 Å². The van der Waals surface area contributed by atoms with Gasteiger partial charge in [0.1, 0.15) is 23.9 Å². The molecular formula is C25H21FN2O3. The number of nitrogens with zero attached hydrogens (tertiary/aromatic N) is 2. The zero-order valence-electron chi connectivity index (χ0n) is 16.9. The Morgan fingerprint density at radius 3 is 1.97 bits per heavy atom. The summed E-state index contributed by atoms with van der Waals surface area (Å²) >= 11 is 0. The van der Waals surface area contributed by atoms with E-state index in [1.165, 1.54) is 24.3 Å². The first kappa shape index (κ1) is 20.3. The molecule has 1 heterocycles. The fourth-order valence-electron chi connectivity index (χ4n) is 3.61. The maximum absolute atomic E-state index is 13.2. The Labute approximate surface area is 179 Å². The molecule has 0 atom stereocenters. The Morgan fingerprint density at radius 2 is 1.42 bits per heavy atom. The lowest BCUT2D eigenvalue weighted by atomic mass is 9.99. The molecule has 0 bridgehead atoms. The molecule has 4 aromatic rings. The topological polar surface area (TPSA) is 75.4 Å². The van der Waals surface area contributed by atoms with Crippen LogP contribution in [-0.4, -0.2) is 25.8 Å². The summed E-state index contributed by atoms with van der Waals surface area (Å²) in [5, 5.41) is 24.1. The number of phenols is 2. The van der Waals surface area contributed by atoms with Gasteiger partial charge in [0.15, 0.2) is 5.78 Å². The number of aromatic nitrogens is 2. The van der Waals surface area contributed by atoms with Crippen LogP contribution in [0.4, 0.5) is 4.39 Å². The van der Waals surface area contributed by atoms with Crippen molar-refractivity contribution < 1.29 is 19.4 Å². The van der Waals surface area contributed by atoms with Crippen molar-refractivity contribution in [3.05, 3.63) is 89.7 Å². The maximum Gasteiger partial charge on any atom is 0.184 e. The van der Waals surface area contributed by atoms with Crippen LogP contribution >= 0.6 is 0 Å². The van der Waals surface area contributed by atoms with Gasteiger partial charge in [-0.1, -0.05) is 6.92 Å². The highest BCUT2D eigenvalue weighted by Crippen LogP contribution is 2.34. The number of carbonyl (C=O) groups excluding carboxylic acids is 1. The van der Waals surface area contributed by atoms with Crippen molar-refractivity contribution in [3.63, 3.8) is 0 Å². The molecule has 0 radical (unpaired) electrons. The average molecular weight is 416 g/mol. The summed E-state index contributed by atoms with van der Waals surface area (Å²) in [5.74, 6) is -0.286. The van der Waals surface area contributed by atoms with Gasteiger partial charge < -0.3 is 10.2 Å². The Morgan fingerprint density at radius 1 is 0.871 bits per heavy atom. The third kappa shape index (κ3) is 4.19. The molecule has 0 amide bonds. The fraction of sp³-hybridized carbons (Fsp3) is 0.120. The zero-order chi connectivity index (χ0) is 22.0. The van der Waals surface area contributed by atoms with E-state index in [1.54, 1.807) is 53.2 Å². The molecule has 156 valence electrons. The van der Waals surface area contributed by atoms with Crippen LogP contribution in [0.1, 0.15) is 22.8 Å². The van der Waals surface area contributed by atoms with Crippen LogP contribution in [-0.2, 0) is 13.0 Å². The first-order chi connectivity index (χ1) is 15.0. The number of benzene rings is 3. The Bertz CT molecular complexity index is 1210. The van der Waals surface area contributed by atoms with E-state index in [0.717, 1.165) is 28.1 Å². The summed E-state index contributed by atoms with van der Waals surface area (Å²) in [5.41, 5.74) is 4.49. The summed E-state index contributed by atoms with van der Waals surface area (Å²) in [6, 6.07) is 18.9. The van der Waals surface area contributed by atoms with Crippen LogP contribution in [0.2, 0.25) is 0 Å². The monoisotopic (exact) mass is 416 g/mol. The number of rotatable bonds is 6. The van der Waals surface area contributed by atoms with Crippen molar-refractivity contribution in [1.29, 1.82) is 0 Å². The van der Waals surface area contributed by atoms with Crippen LogP contribution in [0.3, 0.4) is 0 Å². The molecule has 0 aliphatic carbocycles.